The standard InChI is InChI=1S/C15H23N3O/c1-9(2)15(5-6-15)13-17-10-7-14(3,4)8-16-12(19)11(10)18-13/h9H,5-8H2,1-4H3,(H,16,19)(H,17,18). The van der Waals surface area contributed by atoms with Crippen LogP contribution in [-0.2, 0) is 11.8 Å². The molecule has 3 rings (SSSR count). The summed E-state index contributed by atoms with van der Waals surface area (Å²) in [6.45, 7) is 9.55. The molecule has 1 fully saturated rings. The van der Waals surface area contributed by atoms with Crippen molar-refractivity contribution in [3.05, 3.63) is 17.2 Å². The highest BCUT2D eigenvalue weighted by Crippen LogP contribution is 2.52. The minimum atomic E-state index is -0.0253. The Hall–Kier alpha value is -1.32. The smallest absolute Gasteiger partial charge is 0.271 e. The van der Waals surface area contributed by atoms with E-state index in [1.165, 1.54) is 12.8 Å². The SMILES string of the molecule is CC(C)C1(c2nc3c([nH]2)CC(C)(C)CNC3=O)CC1. The van der Waals surface area contributed by atoms with E-state index in [2.05, 4.69) is 43.0 Å². The first kappa shape index (κ1) is 12.7. The normalized spacial score (nSPS) is 23.7. The molecule has 0 aromatic carbocycles. The molecule has 0 saturated heterocycles. The number of aromatic amines is 1. The van der Waals surface area contributed by atoms with E-state index in [1.54, 1.807) is 0 Å². The molecule has 19 heavy (non-hydrogen) atoms. The number of aromatic nitrogens is 2. The second kappa shape index (κ2) is 3.84. The van der Waals surface area contributed by atoms with Gasteiger partial charge >= 0.3 is 0 Å². The van der Waals surface area contributed by atoms with Gasteiger partial charge in [0.1, 0.15) is 11.5 Å². The summed E-state index contributed by atoms with van der Waals surface area (Å²) in [6, 6.07) is 0. The number of imidazole rings is 1. The van der Waals surface area contributed by atoms with E-state index in [0.29, 0.717) is 18.2 Å². The van der Waals surface area contributed by atoms with Crippen molar-refractivity contribution >= 4 is 5.91 Å². The second-order valence-corrected chi connectivity index (χ2v) is 7.25. The number of carbonyl (C=O) groups is 1. The summed E-state index contributed by atoms with van der Waals surface area (Å²) >= 11 is 0. The Morgan fingerprint density at radius 1 is 1.26 bits per heavy atom. The highest BCUT2D eigenvalue weighted by Gasteiger charge is 2.50. The molecule has 2 N–H and O–H groups in total. The molecule has 0 bridgehead atoms. The van der Waals surface area contributed by atoms with E-state index >= 15 is 0 Å². The zero-order valence-corrected chi connectivity index (χ0v) is 12.3. The summed E-state index contributed by atoms with van der Waals surface area (Å²) in [5, 5.41) is 2.98. The number of H-pyrrole nitrogens is 1. The fourth-order valence-corrected chi connectivity index (χ4v) is 3.13. The molecule has 0 unspecified atom stereocenters. The summed E-state index contributed by atoms with van der Waals surface area (Å²) in [4.78, 5) is 20.2. The van der Waals surface area contributed by atoms with Crippen LogP contribution in [-0.4, -0.2) is 22.4 Å². The van der Waals surface area contributed by atoms with Crippen LogP contribution in [0.3, 0.4) is 0 Å². The zero-order chi connectivity index (χ0) is 13.8. The molecule has 1 aliphatic carbocycles. The molecule has 4 nitrogen and oxygen atoms in total. The van der Waals surface area contributed by atoms with Gasteiger partial charge in [-0.2, -0.15) is 0 Å². The van der Waals surface area contributed by atoms with Crippen molar-refractivity contribution in [3.8, 4) is 0 Å². The Morgan fingerprint density at radius 2 is 1.95 bits per heavy atom. The van der Waals surface area contributed by atoms with E-state index in [-0.39, 0.29) is 16.7 Å². The van der Waals surface area contributed by atoms with Gasteiger partial charge in [-0.05, 0) is 30.6 Å². The molecule has 104 valence electrons. The molecule has 4 heteroatoms. The lowest BCUT2D eigenvalue weighted by Crippen LogP contribution is -2.32. The second-order valence-electron chi connectivity index (χ2n) is 7.25. The fraction of sp³-hybridized carbons (Fsp3) is 0.733. The number of nitrogens with zero attached hydrogens (tertiary/aromatic N) is 1. The number of hydrogen-bond acceptors (Lipinski definition) is 2. The first-order chi connectivity index (χ1) is 8.84. The van der Waals surface area contributed by atoms with Crippen molar-refractivity contribution in [2.45, 2.75) is 52.4 Å². The first-order valence-corrected chi connectivity index (χ1v) is 7.22. The molecule has 0 radical (unpaired) electrons. The Labute approximate surface area is 114 Å². The van der Waals surface area contributed by atoms with E-state index in [1.807, 2.05) is 0 Å². The van der Waals surface area contributed by atoms with Crippen molar-refractivity contribution < 1.29 is 4.79 Å². The minimum absolute atomic E-state index is 0.0253. The Balaban J connectivity index is 2.01. The molecule has 1 saturated carbocycles. The maximum atomic E-state index is 12.1. The van der Waals surface area contributed by atoms with Gasteiger partial charge in [0.25, 0.3) is 5.91 Å². The van der Waals surface area contributed by atoms with Crippen LogP contribution >= 0.6 is 0 Å². The van der Waals surface area contributed by atoms with Crippen LogP contribution in [0.25, 0.3) is 0 Å². The summed E-state index contributed by atoms with van der Waals surface area (Å²) in [6.07, 6.45) is 3.24. The number of nitrogens with one attached hydrogen (secondary N) is 2. The lowest BCUT2D eigenvalue weighted by Gasteiger charge is -2.22. The monoisotopic (exact) mass is 261 g/mol. The Morgan fingerprint density at radius 3 is 2.53 bits per heavy atom. The highest BCUT2D eigenvalue weighted by atomic mass is 16.1. The predicted molar refractivity (Wildman–Crippen MR) is 74.2 cm³/mol. The predicted octanol–water partition coefficient (Wildman–Crippen LogP) is 2.41. The molecule has 1 aliphatic heterocycles. The molecular weight excluding hydrogens is 238 g/mol. The first-order valence-electron chi connectivity index (χ1n) is 7.22. The summed E-state index contributed by atoms with van der Waals surface area (Å²) in [5.41, 5.74) is 1.91. The van der Waals surface area contributed by atoms with E-state index in [4.69, 9.17) is 0 Å². The third kappa shape index (κ3) is 1.97. The fourth-order valence-electron chi connectivity index (χ4n) is 3.13. The van der Waals surface area contributed by atoms with Gasteiger partial charge in [0.15, 0.2) is 0 Å². The molecule has 1 amide bonds. The van der Waals surface area contributed by atoms with E-state index < -0.39 is 0 Å². The molecule has 2 aliphatic rings. The van der Waals surface area contributed by atoms with E-state index in [9.17, 15) is 4.79 Å². The van der Waals surface area contributed by atoms with Gasteiger partial charge in [0.2, 0.25) is 0 Å². The van der Waals surface area contributed by atoms with E-state index in [0.717, 1.165) is 17.9 Å². The maximum Gasteiger partial charge on any atom is 0.271 e. The lowest BCUT2D eigenvalue weighted by molar-refractivity contribution is 0.0940. The topological polar surface area (TPSA) is 57.8 Å². The minimum Gasteiger partial charge on any atom is -0.350 e. The van der Waals surface area contributed by atoms with Gasteiger partial charge in [-0.25, -0.2) is 4.98 Å². The van der Waals surface area contributed by atoms with Crippen LogP contribution in [0.15, 0.2) is 0 Å². The van der Waals surface area contributed by atoms with Gasteiger partial charge in [-0.1, -0.05) is 27.7 Å². The van der Waals surface area contributed by atoms with Crippen molar-refractivity contribution in [2.24, 2.45) is 11.3 Å². The number of fused-ring (bicyclic) bond motifs is 1. The van der Waals surface area contributed by atoms with Crippen molar-refractivity contribution in [3.63, 3.8) is 0 Å². The van der Waals surface area contributed by atoms with Crippen LogP contribution in [0, 0.1) is 11.3 Å². The third-order valence-electron chi connectivity index (χ3n) is 4.74. The molecule has 0 spiro atoms. The Bertz CT molecular complexity index is 523. The van der Waals surface area contributed by atoms with Crippen molar-refractivity contribution in [1.29, 1.82) is 0 Å². The van der Waals surface area contributed by atoms with Gasteiger partial charge in [-0.15, -0.1) is 0 Å². The van der Waals surface area contributed by atoms with Crippen LogP contribution in [0.1, 0.15) is 62.5 Å². The van der Waals surface area contributed by atoms with Crippen LogP contribution in [0.5, 0.6) is 0 Å². The quantitative estimate of drug-likeness (QED) is 0.859. The number of hydrogen-bond donors (Lipinski definition) is 2. The number of rotatable bonds is 2. The summed E-state index contributed by atoms with van der Waals surface area (Å²) < 4.78 is 0. The van der Waals surface area contributed by atoms with Crippen LogP contribution < -0.4 is 5.32 Å². The van der Waals surface area contributed by atoms with Crippen molar-refractivity contribution in [1.82, 2.24) is 15.3 Å². The zero-order valence-electron chi connectivity index (χ0n) is 12.3. The molecule has 1 aromatic rings. The average molecular weight is 261 g/mol. The lowest BCUT2D eigenvalue weighted by atomic mass is 9.88. The summed E-state index contributed by atoms with van der Waals surface area (Å²) in [7, 11) is 0. The summed E-state index contributed by atoms with van der Waals surface area (Å²) in [5.74, 6) is 1.57. The Kier molecular flexibility index (Phi) is 2.57. The molecular formula is C15H23N3O. The highest BCUT2D eigenvalue weighted by molar-refractivity contribution is 5.94. The maximum absolute atomic E-state index is 12.1. The largest absolute Gasteiger partial charge is 0.350 e. The van der Waals surface area contributed by atoms with Gasteiger partial charge in [-0.3, -0.25) is 4.79 Å². The van der Waals surface area contributed by atoms with Crippen LogP contribution in [0.4, 0.5) is 0 Å². The average Bonchev–Trinajstić information content (AvgIpc) is 3.04. The third-order valence-corrected chi connectivity index (χ3v) is 4.74. The molecule has 0 atom stereocenters. The van der Waals surface area contributed by atoms with Crippen molar-refractivity contribution in [2.75, 3.05) is 6.54 Å². The number of amides is 1. The molecule has 1 aromatic heterocycles. The molecule has 2 heterocycles. The van der Waals surface area contributed by atoms with Gasteiger partial charge in [0, 0.05) is 17.7 Å². The van der Waals surface area contributed by atoms with Gasteiger partial charge in [0.05, 0.1) is 0 Å². The van der Waals surface area contributed by atoms with Gasteiger partial charge < -0.3 is 10.3 Å². The van der Waals surface area contributed by atoms with Crippen LogP contribution in [0.2, 0.25) is 0 Å². The number of carbonyl (C=O) groups excluding carboxylic acids is 1.